The first-order valence-corrected chi connectivity index (χ1v) is 13.7. The summed E-state index contributed by atoms with van der Waals surface area (Å²) >= 11 is 0. The topological polar surface area (TPSA) is 46.5 Å². The summed E-state index contributed by atoms with van der Waals surface area (Å²) in [5, 5.41) is 10.3. The van der Waals surface area contributed by atoms with E-state index in [2.05, 4.69) is 60.3 Å². The standard InChI is InChI=1S/C32H44O3/c1-9-35-21(3)29(5)13-12-28(4)14-16-31(7)25-11-10-22-20(2)27(34)24(33)18-23(22)30(25,6)15-17-32(31,8)26(28)19-29/h10-11,18,26,34H,3,9,12-17,19H2,1-2,4-8H3/t26-,28-,29-,30+,31-,32+/m1/s1. The van der Waals surface area contributed by atoms with Crippen molar-refractivity contribution in [3.05, 3.63) is 58.6 Å². The van der Waals surface area contributed by atoms with E-state index >= 15 is 0 Å². The van der Waals surface area contributed by atoms with Crippen molar-refractivity contribution in [2.75, 3.05) is 6.61 Å². The molecule has 0 aromatic carbocycles. The molecule has 1 N–H and O–H groups in total. The molecule has 0 aromatic rings. The summed E-state index contributed by atoms with van der Waals surface area (Å²) in [6.07, 6.45) is 14.4. The van der Waals surface area contributed by atoms with E-state index in [1.807, 2.05) is 6.92 Å². The van der Waals surface area contributed by atoms with Crippen molar-refractivity contribution in [1.29, 1.82) is 0 Å². The van der Waals surface area contributed by atoms with Crippen LogP contribution in [0.1, 0.15) is 93.4 Å². The molecule has 0 unspecified atom stereocenters. The predicted octanol–water partition coefficient (Wildman–Crippen LogP) is 8.16. The van der Waals surface area contributed by atoms with E-state index in [9.17, 15) is 9.90 Å². The van der Waals surface area contributed by atoms with Gasteiger partial charge < -0.3 is 9.84 Å². The molecule has 5 rings (SSSR count). The fourth-order valence-corrected chi connectivity index (χ4v) is 9.06. The highest BCUT2D eigenvalue weighted by Gasteiger charge is 2.67. The summed E-state index contributed by atoms with van der Waals surface area (Å²) in [5.41, 5.74) is 4.78. The highest BCUT2D eigenvalue weighted by molar-refractivity contribution is 6.06. The van der Waals surface area contributed by atoms with Crippen LogP contribution in [-0.2, 0) is 9.53 Å². The molecule has 190 valence electrons. The molecule has 0 heterocycles. The van der Waals surface area contributed by atoms with Gasteiger partial charge in [-0.25, -0.2) is 0 Å². The van der Waals surface area contributed by atoms with Crippen molar-refractivity contribution >= 4 is 5.78 Å². The number of aliphatic hydroxyl groups is 1. The molecule has 0 saturated heterocycles. The van der Waals surface area contributed by atoms with Gasteiger partial charge in [-0.15, -0.1) is 0 Å². The summed E-state index contributed by atoms with van der Waals surface area (Å²) in [6, 6.07) is 0. The van der Waals surface area contributed by atoms with E-state index in [4.69, 9.17) is 4.74 Å². The molecule has 6 atom stereocenters. The lowest BCUT2D eigenvalue weighted by Gasteiger charge is -2.70. The van der Waals surface area contributed by atoms with E-state index < -0.39 is 0 Å². The molecule has 0 bridgehead atoms. The maximum Gasteiger partial charge on any atom is 0.220 e. The fraction of sp³-hybridized carbons (Fsp3) is 0.656. The summed E-state index contributed by atoms with van der Waals surface area (Å²) in [5.74, 6) is 1.21. The van der Waals surface area contributed by atoms with Gasteiger partial charge in [0.25, 0.3) is 0 Å². The summed E-state index contributed by atoms with van der Waals surface area (Å²) in [6.45, 7) is 21.4. The highest BCUT2D eigenvalue weighted by atomic mass is 16.5. The van der Waals surface area contributed by atoms with Crippen molar-refractivity contribution in [3.8, 4) is 0 Å². The van der Waals surface area contributed by atoms with Gasteiger partial charge in [-0.05, 0) is 98.2 Å². The van der Waals surface area contributed by atoms with E-state index in [1.165, 1.54) is 24.8 Å². The lowest BCUT2D eigenvalue weighted by Crippen LogP contribution is -2.61. The molecule has 5 aliphatic rings. The van der Waals surface area contributed by atoms with Crippen LogP contribution in [0.5, 0.6) is 0 Å². The number of allylic oxidation sites excluding steroid dienone is 8. The van der Waals surface area contributed by atoms with E-state index in [0.29, 0.717) is 17.9 Å². The lowest BCUT2D eigenvalue weighted by atomic mass is 9.34. The third-order valence-corrected chi connectivity index (χ3v) is 11.9. The molecule has 3 nitrogen and oxygen atoms in total. The second-order valence-corrected chi connectivity index (χ2v) is 13.5. The van der Waals surface area contributed by atoms with Gasteiger partial charge in [0.05, 0.1) is 12.4 Å². The molecule has 3 saturated carbocycles. The summed E-state index contributed by atoms with van der Waals surface area (Å²) in [4.78, 5) is 12.7. The van der Waals surface area contributed by atoms with Crippen molar-refractivity contribution < 1.29 is 14.6 Å². The maximum atomic E-state index is 12.7. The molecule has 0 amide bonds. The monoisotopic (exact) mass is 476 g/mol. The first-order chi connectivity index (χ1) is 16.3. The molecule has 3 heteroatoms. The van der Waals surface area contributed by atoms with E-state index in [1.54, 1.807) is 6.08 Å². The van der Waals surface area contributed by atoms with Gasteiger partial charge >= 0.3 is 0 Å². The number of carbonyl (C=O) groups excluding carboxylic acids is 1. The van der Waals surface area contributed by atoms with Crippen LogP contribution in [0.4, 0.5) is 0 Å². The van der Waals surface area contributed by atoms with Crippen LogP contribution < -0.4 is 0 Å². The first-order valence-electron chi connectivity index (χ1n) is 13.7. The Kier molecular flexibility index (Phi) is 5.28. The summed E-state index contributed by atoms with van der Waals surface area (Å²) in [7, 11) is 0. The number of fused-ring (bicyclic) bond motifs is 7. The molecule has 0 aromatic heterocycles. The van der Waals surface area contributed by atoms with Gasteiger partial charge in [0.1, 0.15) is 0 Å². The fourth-order valence-electron chi connectivity index (χ4n) is 9.06. The number of hydrogen-bond acceptors (Lipinski definition) is 3. The van der Waals surface area contributed by atoms with Crippen molar-refractivity contribution in [3.63, 3.8) is 0 Å². The zero-order valence-electron chi connectivity index (χ0n) is 22.9. The molecular formula is C32H44O3. The molecule has 0 aliphatic heterocycles. The normalized spacial score (nSPS) is 44.7. The van der Waals surface area contributed by atoms with Gasteiger partial charge in [0.15, 0.2) is 5.76 Å². The molecule has 0 spiro atoms. The molecule has 0 radical (unpaired) electrons. The lowest BCUT2D eigenvalue weighted by molar-refractivity contribution is -0.161. The predicted molar refractivity (Wildman–Crippen MR) is 142 cm³/mol. The number of ether oxygens (including phenoxy) is 1. The van der Waals surface area contributed by atoms with Gasteiger partial charge in [-0.3, -0.25) is 4.79 Å². The Labute approximate surface area is 212 Å². The van der Waals surface area contributed by atoms with Crippen molar-refractivity contribution in [2.24, 2.45) is 33.0 Å². The molecular weight excluding hydrogens is 432 g/mol. The Hall–Kier alpha value is -2.03. The van der Waals surface area contributed by atoms with Gasteiger partial charge in [0.2, 0.25) is 5.78 Å². The quantitative estimate of drug-likeness (QED) is 0.418. The van der Waals surface area contributed by atoms with Crippen LogP contribution in [0, 0.1) is 33.0 Å². The van der Waals surface area contributed by atoms with Crippen molar-refractivity contribution in [1.82, 2.24) is 0 Å². The number of carbonyl (C=O) groups is 1. The number of rotatable bonds is 3. The molecule has 5 aliphatic carbocycles. The Bertz CT molecular complexity index is 1130. The van der Waals surface area contributed by atoms with Crippen LogP contribution in [0.2, 0.25) is 0 Å². The van der Waals surface area contributed by atoms with E-state index in [-0.39, 0.29) is 33.2 Å². The Morgan fingerprint density at radius 2 is 1.74 bits per heavy atom. The minimum Gasteiger partial charge on any atom is -0.504 e. The SMILES string of the molecule is C=C(OCC)[C@]1(C)CC[C@]2(C)CC[C@]3(C)C4=CC=C5C(=CC(=O)C(O)=C5C)[C@]4(C)CC[C@@]3(C)[C@@H]2C1. The van der Waals surface area contributed by atoms with Crippen LogP contribution in [0.3, 0.4) is 0 Å². The number of ketones is 1. The van der Waals surface area contributed by atoms with Gasteiger partial charge in [-0.1, -0.05) is 58.9 Å². The van der Waals surface area contributed by atoms with Crippen LogP contribution in [-0.4, -0.2) is 17.5 Å². The zero-order valence-corrected chi connectivity index (χ0v) is 22.9. The summed E-state index contributed by atoms with van der Waals surface area (Å²) < 4.78 is 6.00. The molecule has 3 fully saturated rings. The Balaban J connectivity index is 1.60. The zero-order chi connectivity index (χ0) is 25.6. The second-order valence-electron chi connectivity index (χ2n) is 13.5. The van der Waals surface area contributed by atoms with Gasteiger partial charge in [-0.2, -0.15) is 0 Å². The van der Waals surface area contributed by atoms with Gasteiger partial charge in [0, 0.05) is 16.4 Å². The van der Waals surface area contributed by atoms with Crippen LogP contribution in [0.25, 0.3) is 0 Å². The third kappa shape index (κ3) is 3.05. The van der Waals surface area contributed by atoms with Crippen LogP contribution in [0.15, 0.2) is 58.6 Å². The smallest absolute Gasteiger partial charge is 0.220 e. The number of aliphatic hydroxyl groups excluding tert-OH is 1. The average molecular weight is 477 g/mol. The van der Waals surface area contributed by atoms with Crippen LogP contribution >= 0.6 is 0 Å². The minimum absolute atomic E-state index is 0.0218. The van der Waals surface area contributed by atoms with Crippen molar-refractivity contribution in [2.45, 2.75) is 93.4 Å². The maximum absolute atomic E-state index is 12.7. The highest BCUT2D eigenvalue weighted by Crippen LogP contribution is 2.75. The largest absolute Gasteiger partial charge is 0.504 e. The average Bonchev–Trinajstić information content (AvgIpc) is 2.81. The minimum atomic E-state index is -0.246. The Morgan fingerprint density at radius 3 is 2.43 bits per heavy atom. The number of hydrogen-bond donors (Lipinski definition) is 1. The first kappa shape index (κ1) is 24.7. The third-order valence-electron chi connectivity index (χ3n) is 11.9. The Morgan fingerprint density at radius 1 is 1.06 bits per heavy atom. The van der Waals surface area contributed by atoms with E-state index in [0.717, 1.165) is 48.2 Å². The second kappa shape index (κ2) is 7.49. The molecule has 35 heavy (non-hydrogen) atoms.